The normalized spacial score (nSPS) is 27.3. The Hall–Kier alpha value is -1.32. The Balaban J connectivity index is 1.93. The minimum absolute atomic E-state index is 0.0818. The summed E-state index contributed by atoms with van der Waals surface area (Å²) in [6, 6.07) is 0. The fraction of sp³-hybridized carbons (Fsp3) is 0.714. The van der Waals surface area contributed by atoms with Crippen LogP contribution in [0, 0.1) is 11.8 Å². The fourth-order valence-corrected chi connectivity index (χ4v) is 3.41. The molecule has 1 aliphatic carbocycles. The zero-order chi connectivity index (χ0) is 12.7. The van der Waals surface area contributed by atoms with Crippen molar-refractivity contribution in [2.24, 2.45) is 11.8 Å². The lowest BCUT2D eigenvalue weighted by atomic mass is 9.92. The molecule has 3 rings (SSSR count). The molecule has 0 aromatic carbocycles. The smallest absolute Gasteiger partial charge is 0.255 e. The summed E-state index contributed by atoms with van der Waals surface area (Å²) in [6.45, 7) is 6.56. The molecule has 0 amide bonds. The molecule has 2 unspecified atom stereocenters. The van der Waals surface area contributed by atoms with Gasteiger partial charge in [-0.05, 0) is 37.5 Å². The molecule has 0 spiro atoms. The number of rotatable bonds is 1. The third-order valence-corrected chi connectivity index (χ3v) is 4.10. The van der Waals surface area contributed by atoms with Crippen molar-refractivity contribution >= 4 is 5.95 Å². The molecule has 1 aliphatic heterocycles. The van der Waals surface area contributed by atoms with Crippen molar-refractivity contribution in [3.63, 3.8) is 0 Å². The van der Waals surface area contributed by atoms with Gasteiger partial charge in [0.1, 0.15) is 0 Å². The number of aromatic nitrogens is 2. The molecule has 0 saturated carbocycles. The van der Waals surface area contributed by atoms with Gasteiger partial charge in [-0.15, -0.1) is 0 Å². The summed E-state index contributed by atoms with van der Waals surface area (Å²) in [5.74, 6) is 2.14. The zero-order valence-corrected chi connectivity index (χ0v) is 11.2. The first kappa shape index (κ1) is 11.8. The van der Waals surface area contributed by atoms with Crippen LogP contribution in [0.2, 0.25) is 0 Å². The summed E-state index contributed by atoms with van der Waals surface area (Å²) in [6.07, 6.45) is 4.20. The monoisotopic (exact) mass is 247 g/mol. The number of nitrogens with one attached hydrogen (secondary N) is 1. The van der Waals surface area contributed by atoms with Gasteiger partial charge in [0, 0.05) is 18.7 Å². The number of hydrogen-bond donors (Lipinski definition) is 1. The summed E-state index contributed by atoms with van der Waals surface area (Å²) in [5, 5.41) is 0. The van der Waals surface area contributed by atoms with Crippen molar-refractivity contribution < 1.29 is 0 Å². The highest BCUT2D eigenvalue weighted by Gasteiger charge is 2.25. The second kappa shape index (κ2) is 4.41. The van der Waals surface area contributed by atoms with Gasteiger partial charge in [0.2, 0.25) is 5.95 Å². The average Bonchev–Trinajstić information content (AvgIpc) is 2.76. The maximum Gasteiger partial charge on any atom is 0.255 e. The van der Waals surface area contributed by atoms with Crippen molar-refractivity contribution in [3.8, 4) is 0 Å². The number of H-pyrrole nitrogens is 1. The molecular formula is C14H21N3O. The molecule has 18 heavy (non-hydrogen) atoms. The Bertz CT molecular complexity index is 498. The Labute approximate surface area is 107 Å². The maximum absolute atomic E-state index is 12.0. The number of piperidine rings is 1. The van der Waals surface area contributed by atoms with Gasteiger partial charge in [-0.3, -0.25) is 9.78 Å². The van der Waals surface area contributed by atoms with E-state index in [2.05, 4.69) is 28.7 Å². The van der Waals surface area contributed by atoms with Crippen LogP contribution in [-0.4, -0.2) is 23.1 Å². The van der Waals surface area contributed by atoms with E-state index in [0.717, 1.165) is 49.6 Å². The summed E-state index contributed by atoms with van der Waals surface area (Å²) in [4.78, 5) is 21.9. The highest BCUT2D eigenvalue weighted by Crippen LogP contribution is 2.25. The number of anilines is 1. The van der Waals surface area contributed by atoms with E-state index < -0.39 is 0 Å². The third kappa shape index (κ3) is 2.04. The van der Waals surface area contributed by atoms with E-state index in [9.17, 15) is 4.79 Å². The predicted octanol–water partition coefficient (Wildman–Crippen LogP) is 1.74. The van der Waals surface area contributed by atoms with Crippen LogP contribution < -0.4 is 10.5 Å². The van der Waals surface area contributed by atoms with Gasteiger partial charge in [0.25, 0.3) is 5.56 Å². The standard InChI is InChI=1S/C14H21N3O/c1-9-6-10(2)8-17(7-9)14-15-12-5-3-4-11(12)13(18)16-14/h9-10H,3-8H2,1-2H3,(H,15,16,18). The lowest BCUT2D eigenvalue weighted by molar-refractivity contribution is 0.353. The molecule has 0 bridgehead atoms. The SMILES string of the molecule is CC1CC(C)CN(c2nc3c(c(=O)[nH]2)CCC3)C1. The number of aryl methyl sites for hydroxylation is 1. The Morgan fingerprint density at radius 2 is 1.94 bits per heavy atom. The first-order valence-electron chi connectivity index (χ1n) is 7.00. The molecule has 2 heterocycles. The topological polar surface area (TPSA) is 49.0 Å². The Morgan fingerprint density at radius 3 is 2.67 bits per heavy atom. The van der Waals surface area contributed by atoms with Crippen LogP contribution >= 0.6 is 0 Å². The first-order chi connectivity index (χ1) is 8.63. The molecule has 1 fully saturated rings. The van der Waals surface area contributed by atoms with Crippen LogP contribution in [0.1, 0.15) is 37.9 Å². The van der Waals surface area contributed by atoms with Gasteiger partial charge >= 0.3 is 0 Å². The summed E-state index contributed by atoms with van der Waals surface area (Å²) < 4.78 is 0. The molecule has 1 aromatic heterocycles. The zero-order valence-electron chi connectivity index (χ0n) is 11.2. The molecule has 1 saturated heterocycles. The summed E-state index contributed by atoms with van der Waals surface area (Å²) in [7, 11) is 0. The molecule has 0 radical (unpaired) electrons. The Kier molecular flexibility index (Phi) is 2.88. The molecule has 1 aromatic rings. The number of aromatic amines is 1. The highest BCUT2D eigenvalue weighted by atomic mass is 16.1. The van der Waals surface area contributed by atoms with Crippen LogP contribution in [0.3, 0.4) is 0 Å². The molecule has 4 heteroatoms. The van der Waals surface area contributed by atoms with Gasteiger partial charge in [-0.1, -0.05) is 13.8 Å². The number of fused-ring (bicyclic) bond motifs is 1. The molecule has 2 atom stereocenters. The maximum atomic E-state index is 12.0. The third-order valence-electron chi connectivity index (χ3n) is 4.10. The van der Waals surface area contributed by atoms with Crippen LogP contribution in [-0.2, 0) is 12.8 Å². The summed E-state index contributed by atoms with van der Waals surface area (Å²) in [5.41, 5.74) is 2.02. The second-order valence-corrected chi connectivity index (χ2v) is 6.02. The minimum Gasteiger partial charge on any atom is -0.342 e. The van der Waals surface area contributed by atoms with Crippen LogP contribution in [0.15, 0.2) is 4.79 Å². The van der Waals surface area contributed by atoms with Gasteiger partial charge in [-0.2, -0.15) is 0 Å². The lowest BCUT2D eigenvalue weighted by Gasteiger charge is -2.35. The molecule has 4 nitrogen and oxygen atoms in total. The van der Waals surface area contributed by atoms with E-state index in [4.69, 9.17) is 0 Å². The molecule has 2 aliphatic rings. The van der Waals surface area contributed by atoms with E-state index >= 15 is 0 Å². The van der Waals surface area contributed by atoms with E-state index in [1.807, 2.05) is 0 Å². The second-order valence-electron chi connectivity index (χ2n) is 6.02. The van der Waals surface area contributed by atoms with Gasteiger partial charge in [0.05, 0.1) is 5.69 Å². The van der Waals surface area contributed by atoms with E-state index in [-0.39, 0.29) is 5.56 Å². The lowest BCUT2D eigenvalue weighted by Crippen LogP contribution is -2.40. The Morgan fingerprint density at radius 1 is 1.22 bits per heavy atom. The van der Waals surface area contributed by atoms with Crippen molar-refractivity contribution in [2.45, 2.75) is 39.5 Å². The summed E-state index contributed by atoms with van der Waals surface area (Å²) >= 11 is 0. The minimum atomic E-state index is 0.0818. The van der Waals surface area contributed by atoms with Crippen LogP contribution in [0.25, 0.3) is 0 Å². The molecule has 1 N–H and O–H groups in total. The van der Waals surface area contributed by atoms with Crippen LogP contribution in [0.5, 0.6) is 0 Å². The van der Waals surface area contributed by atoms with Crippen LogP contribution in [0.4, 0.5) is 5.95 Å². The van der Waals surface area contributed by atoms with Gasteiger partial charge in [0.15, 0.2) is 0 Å². The van der Waals surface area contributed by atoms with Crippen molar-refractivity contribution in [2.75, 3.05) is 18.0 Å². The first-order valence-corrected chi connectivity index (χ1v) is 7.00. The van der Waals surface area contributed by atoms with E-state index in [1.165, 1.54) is 6.42 Å². The van der Waals surface area contributed by atoms with Crippen molar-refractivity contribution in [3.05, 3.63) is 21.6 Å². The van der Waals surface area contributed by atoms with Gasteiger partial charge in [-0.25, -0.2) is 4.98 Å². The predicted molar refractivity (Wildman–Crippen MR) is 72.0 cm³/mol. The van der Waals surface area contributed by atoms with Gasteiger partial charge < -0.3 is 4.90 Å². The average molecular weight is 247 g/mol. The van der Waals surface area contributed by atoms with Crippen molar-refractivity contribution in [1.29, 1.82) is 0 Å². The molecule has 98 valence electrons. The van der Waals surface area contributed by atoms with E-state index in [1.54, 1.807) is 0 Å². The largest absolute Gasteiger partial charge is 0.342 e. The highest BCUT2D eigenvalue weighted by molar-refractivity contribution is 5.35. The van der Waals surface area contributed by atoms with Crippen molar-refractivity contribution in [1.82, 2.24) is 9.97 Å². The number of nitrogens with zero attached hydrogens (tertiary/aromatic N) is 2. The fourth-order valence-electron chi connectivity index (χ4n) is 3.41. The quantitative estimate of drug-likeness (QED) is 0.822. The number of hydrogen-bond acceptors (Lipinski definition) is 3. The van der Waals surface area contributed by atoms with E-state index in [0.29, 0.717) is 11.8 Å². The molecular weight excluding hydrogens is 226 g/mol.